The van der Waals surface area contributed by atoms with E-state index in [4.69, 9.17) is 11.2 Å². The molecule has 0 unspecified atom stereocenters. The van der Waals surface area contributed by atoms with E-state index < -0.39 is 11.9 Å². The first-order valence-corrected chi connectivity index (χ1v) is 6.86. The van der Waals surface area contributed by atoms with Crippen molar-refractivity contribution in [2.24, 2.45) is 0 Å². The molecule has 1 aromatic heterocycles. The molecule has 0 saturated carbocycles. The summed E-state index contributed by atoms with van der Waals surface area (Å²) in [7, 11) is 0. The molecule has 1 N–H and O–H groups in total. The lowest BCUT2D eigenvalue weighted by Gasteiger charge is -2.02. The molecule has 0 atom stereocenters. The Kier molecular flexibility index (Phi) is 6.10. The topological polar surface area (TPSA) is 55.4 Å². The minimum Gasteiger partial charge on any atom is -0.451 e. The van der Waals surface area contributed by atoms with Crippen molar-refractivity contribution >= 4 is 23.2 Å². The van der Waals surface area contributed by atoms with E-state index in [0.717, 1.165) is 23.3 Å². The minimum absolute atomic E-state index is 0.134. The number of esters is 1. The second-order valence-electron chi connectivity index (χ2n) is 4.00. The SMILES string of the molecule is C#CCNC(=O)COC(=O)c1cc(CCC)c(C)s1. The first kappa shape index (κ1) is 15.3. The van der Waals surface area contributed by atoms with Crippen molar-refractivity contribution in [3.63, 3.8) is 0 Å². The van der Waals surface area contributed by atoms with Crippen molar-refractivity contribution in [2.75, 3.05) is 13.2 Å². The standard InChI is InChI=1S/C14H17NO3S/c1-4-6-11-8-12(19-10(11)3)14(17)18-9-13(16)15-7-5-2/h2,8H,4,6-7,9H2,1,3H3,(H,15,16). The molecule has 0 saturated heterocycles. The second kappa shape index (κ2) is 7.59. The molecule has 102 valence electrons. The molecule has 0 radical (unpaired) electrons. The summed E-state index contributed by atoms with van der Waals surface area (Å²) in [6.07, 6.45) is 6.97. The van der Waals surface area contributed by atoms with Crippen LogP contribution in [0.4, 0.5) is 0 Å². The zero-order valence-corrected chi connectivity index (χ0v) is 11.9. The predicted molar refractivity (Wildman–Crippen MR) is 75.2 cm³/mol. The van der Waals surface area contributed by atoms with Gasteiger partial charge in [0.25, 0.3) is 5.91 Å². The van der Waals surface area contributed by atoms with E-state index in [1.807, 2.05) is 13.0 Å². The third kappa shape index (κ3) is 4.76. The van der Waals surface area contributed by atoms with Gasteiger partial charge in [-0.15, -0.1) is 17.8 Å². The lowest BCUT2D eigenvalue weighted by molar-refractivity contribution is -0.123. The van der Waals surface area contributed by atoms with Crippen LogP contribution in [0.25, 0.3) is 0 Å². The van der Waals surface area contributed by atoms with Gasteiger partial charge in [-0.3, -0.25) is 4.79 Å². The van der Waals surface area contributed by atoms with Crippen LogP contribution in [-0.2, 0) is 16.0 Å². The van der Waals surface area contributed by atoms with Gasteiger partial charge in [0.05, 0.1) is 6.54 Å². The number of nitrogens with one attached hydrogen (secondary N) is 1. The van der Waals surface area contributed by atoms with Crippen LogP contribution >= 0.6 is 11.3 Å². The van der Waals surface area contributed by atoms with E-state index in [0.29, 0.717) is 4.88 Å². The lowest BCUT2D eigenvalue weighted by atomic mass is 10.1. The van der Waals surface area contributed by atoms with E-state index in [9.17, 15) is 9.59 Å². The van der Waals surface area contributed by atoms with Crippen molar-refractivity contribution in [1.82, 2.24) is 5.32 Å². The molecule has 0 aliphatic heterocycles. The Morgan fingerprint density at radius 2 is 2.26 bits per heavy atom. The average Bonchev–Trinajstić information content (AvgIpc) is 2.75. The molecule has 0 aliphatic carbocycles. The highest BCUT2D eigenvalue weighted by Crippen LogP contribution is 2.23. The van der Waals surface area contributed by atoms with Gasteiger partial charge in [-0.05, 0) is 25.0 Å². The van der Waals surface area contributed by atoms with Crippen LogP contribution in [0, 0.1) is 19.3 Å². The van der Waals surface area contributed by atoms with Crippen molar-refractivity contribution < 1.29 is 14.3 Å². The Hall–Kier alpha value is -1.80. The van der Waals surface area contributed by atoms with Crippen LogP contribution in [-0.4, -0.2) is 25.0 Å². The molecule has 0 fully saturated rings. The normalized spacial score (nSPS) is 9.74. The summed E-state index contributed by atoms with van der Waals surface area (Å²) in [6.45, 7) is 3.90. The number of carbonyl (C=O) groups excluding carboxylic acids is 2. The van der Waals surface area contributed by atoms with Gasteiger partial charge < -0.3 is 10.1 Å². The van der Waals surface area contributed by atoms with Gasteiger partial charge in [-0.25, -0.2) is 4.79 Å². The Morgan fingerprint density at radius 3 is 2.89 bits per heavy atom. The molecule has 1 amide bonds. The summed E-state index contributed by atoms with van der Waals surface area (Å²) in [4.78, 5) is 24.6. The monoisotopic (exact) mass is 279 g/mol. The van der Waals surface area contributed by atoms with Gasteiger partial charge in [0.2, 0.25) is 0 Å². The van der Waals surface area contributed by atoms with Gasteiger partial charge in [0.15, 0.2) is 6.61 Å². The number of amides is 1. The first-order valence-electron chi connectivity index (χ1n) is 6.05. The molecular formula is C14H17NO3S. The highest BCUT2D eigenvalue weighted by atomic mass is 32.1. The Labute approximate surface area is 117 Å². The maximum Gasteiger partial charge on any atom is 0.348 e. The first-order chi connectivity index (χ1) is 9.08. The highest BCUT2D eigenvalue weighted by molar-refractivity contribution is 7.14. The minimum atomic E-state index is -0.466. The van der Waals surface area contributed by atoms with E-state index in [1.165, 1.54) is 11.3 Å². The van der Waals surface area contributed by atoms with E-state index in [2.05, 4.69) is 18.2 Å². The van der Waals surface area contributed by atoms with Gasteiger partial charge in [-0.2, -0.15) is 0 Å². The molecule has 1 rings (SSSR count). The summed E-state index contributed by atoms with van der Waals surface area (Å²) in [5.41, 5.74) is 1.16. The largest absolute Gasteiger partial charge is 0.451 e. The van der Waals surface area contributed by atoms with Crippen molar-refractivity contribution in [1.29, 1.82) is 0 Å². The molecule has 4 nitrogen and oxygen atoms in total. The summed E-state index contributed by atoms with van der Waals surface area (Å²) in [5, 5.41) is 2.43. The molecule has 0 spiro atoms. The van der Waals surface area contributed by atoms with Crippen molar-refractivity contribution in [3.05, 3.63) is 21.4 Å². The van der Waals surface area contributed by atoms with Crippen LogP contribution in [0.1, 0.15) is 33.5 Å². The molecule has 0 aromatic carbocycles. The molecule has 5 heteroatoms. The Bertz CT molecular complexity index is 499. The maximum atomic E-state index is 11.8. The quantitative estimate of drug-likeness (QED) is 0.639. The number of hydrogen-bond donors (Lipinski definition) is 1. The van der Waals surface area contributed by atoms with Crippen molar-refractivity contribution in [2.45, 2.75) is 26.7 Å². The summed E-state index contributed by atoms with van der Waals surface area (Å²) in [6, 6.07) is 1.84. The number of thiophene rings is 1. The van der Waals surface area contributed by atoms with E-state index >= 15 is 0 Å². The molecule has 19 heavy (non-hydrogen) atoms. The summed E-state index contributed by atoms with van der Waals surface area (Å²) >= 11 is 1.39. The van der Waals surface area contributed by atoms with Crippen LogP contribution in [0.15, 0.2) is 6.07 Å². The lowest BCUT2D eigenvalue weighted by Crippen LogP contribution is -2.28. The van der Waals surface area contributed by atoms with Crippen LogP contribution < -0.4 is 5.32 Å². The number of carbonyl (C=O) groups is 2. The summed E-state index contributed by atoms with van der Waals surface area (Å²) in [5.74, 6) is 1.41. The zero-order valence-electron chi connectivity index (χ0n) is 11.1. The molecule has 1 heterocycles. The average molecular weight is 279 g/mol. The fourth-order valence-electron chi connectivity index (χ4n) is 1.54. The third-order valence-electron chi connectivity index (χ3n) is 2.46. The van der Waals surface area contributed by atoms with Gasteiger partial charge in [0.1, 0.15) is 4.88 Å². The van der Waals surface area contributed by atoms with Gasteiger partial charge >= 0.3 is 5.97 Å². The fraction of sp³-hybridized carbons (Fsp3) is 0.429. The van der Waals surface area contributed by atoms with Crippen LogP contribution in [0.3, 0.4) is 0 Å². The molecule has 1 aromatic rings. The van der Waals surface area contributed by atoms with Gasteiger partial charge in [-0.1, -0.05) is 19.3 Å². The summed E-state index contributed by atoms with van der Waals surface area (Å²) < 4.78 is 4.92. The Morgan fingerprint density at radius 1 is 1.53 bits per heavy atom. The highest BCUT2D eigenvalue weighted by Gasteiger charge is 2.14. The third-order valence-corrected chi connectivity index (χ3v) is 3.54. The number of ether oxygens (including phenoxy) is 1. The number of aryl methyl sites for hydroxylation is 2. The second-order valence-corrected chi connectivity index (χ2v) is 5.26. The number of terminal acetylenes is 1. The number of rotatable bonds is 6. The number of hydrogen-bond acceptors (Lipinski definition) is 4. The smallest absolute Gasteiger partial charge is 0.348 e. The van der Waals surface area contributed by atoms with Crippen molar-refractivity contribution in [3.8, 4) is 12.3 Å². The van der Waals surface area contributed by atoms with E-state index in [1.54, 1.807) is 0 Å². The maximum absolute atomic E-state index is 11.8. The predicted octanol–water partition coefficient (Wildman–Crippen LogP) is 1.92. The van der Waals surface area contributed by atoms with E-state index in [-0.39, 0.29) is 13.2 Å². The Balaban J connectivity index is 2.52. The molecule has 0 bridgehead atoms. The molecular weight excluding hydrogens is 262 g/mol. The fourth-order valence-corrected chi connectivity index (χ4v) is 2.51. The molecule has 0 aliphatic rings. The van der Waals surface area contributed by atoms with Crippen LogP contribution in [0.2, 0.25) is 0 Å². The van der Waals surface area contributed by atoms with Crippen LogP contribution in [0.5, 0.6) is 0 Å². The zero-order chi connectivity index (χ0) is 14.3. The van der Waals surface area contributed by atoms with Gasteiger partial charge in [0, 0.05) is 4.88 Å².